The maximum Gasteiger partial charge on any atom is 0.234 e. The van der Waals surface area contributed by atoms with Crippen molar-refractivity contribution in [3.63, 3.8) is 0 Å². The van der Waals surface area contributed by atoms with E-state index in [-0.39, 0.29) is 30.9 Å². The fourth-order valence-electron chi connectivity index (χ4n) is 3.98. The molecule has 7 heteroatoms. The Morgan fingerprint density at radius 2 is 1.65 bits per heavy atom. The molecule has 2 heterocycles. The number of ether oxygens (including phenoxy) is 2. The zero-order valence-electron chi connectivity index (χ0n) is 20.0. The first-order valence-corrected chi connectivity index (χ1v) is 11.7. The number of hydrogen-bond acceptors (Lipinski definition) is 5. The van der Waals surface area contributed by atoms with Crippen LogP contribution in [0.5, 0.6) is 11.6 Å². The van der Waals surface area contributed by atoms with Crippen molar-refractivity contribution in [1.29, 1.82) is 0 Å². The van der Waals surface area contributed by atoms with E-state index in [0.29, 0.717) is 12.5 Å². The van der Waals surface area contributed by atoms with Gasteiger partial charge in [0.05, 0.1) is 5.69 Å². The molecule has 0 unspecified atom stereocenters. The van der Waals surface area contributed by atoms with Gasteiger partial charge in [-0.1, -0.05) is 55.8 Å². The minimum Gasteiger partial charge on any atom is -0.489 e. The summed E-state index contributed by atoms with van der Waals surface area (Å²) in [4.78, 5) is 2.34. The van der Waals surface area contributed by atoms with E-state index >= 15 is 0 Å². The lowest BCUT2D eigenvalue weighted by Crippen LogP contribution is -2.35. The number of piperidine rings is 1. The lowest BCUT2D eigenvalue weighted by molar-refractivity contribution is 0.109. The summed E-state index contributed by atoms with van der Waals surface area (Å²) < 4.78 is 12.2. The molecule has 0 amide bonds. The Bertz CT molecular complexity index is 979. The van der Waals surface area contributed by atoms with Crippen LogP contribution in [0.2, 0.25) is 0 Å². The molecule has 2 aromatic carbocycles. The second-order valence-corrected chi connectivity index (χ2v) is 8.57. The molecular weight excluding hydrogens is 469 g/mol. The minimum atomic E-state index is 0. The van der Waals surface area contributed by atoms with E-state index < -0.39 is 0 Å². The number of likely N-dealkylation sites (tertiary alicyclic amines) is 1. The highest BCUT2D eigenvalue weighted by atomic mass is 35.5. The number of benzene rings is 2. The first-order chi connectivity index (χ1) is 15.7. The third kappa shape index (κ3) is 7.86. The van der Waals surface area contributed by atoms with Gasteiger partial charge in [-0.25, -0.2) is 0 Å². The molecule has 3 aromatic rings. The molecule has 1 aliphatic rings. The van der Waals surface area contributed by atoms with E-state index in [1.807, 2.05) is 30.3 Å². The Morgan fingerprint density at radius 1 is 0.941 bits per heavy atom. The van der Waals surface area contributed by atoms with Crippen LogP contribution in [0.25, 0.3) is 11.1 Å². The average molecular weight is 505 g/mol. The van der Waals surface area contributed by atoms with Crippen LogP contribution in [0.15, 0.2) is 60.7 Å². The lowest BCUT2D eigenvalue weighted by Gasteiger charge is -2.28. The van der Waals surface area contributed by atoms with Crippen molar-refractivity contribution in [2.75, 3.05) is 20.1 Å². The van der Waals surface area contributed by atoms with Crippen LogP contribution < -0.4 is 9.47 Å². The van der Waals surface area contributed by atoms with Gasteiger partial charge in [-0.2, -0.15) is 5.10 Å². The largest absolute Gasteiger partial charge is 0.489 e. The number of aryl methyl sites for hydroxylation is 1. The summed E-state index contributed by atoms with van der Waals surface area (Å²) in [6, 6.07) is 20.5. The van der Waals surface area contributed by atoms with Gasteiger partial charge in [0.2, 0.25) is 5.88 Å². The molecule has 0 radical (unpaired) electrons. The Kier molecular flexibility index (Phi) is 11.6. The van der Waals surface area contributed by atoms with Crippen LogP contribution in [0, 0.1) is 0 Å². The number of aromatic nitrogens is 2. The van der Waals surface area contributed by atoms with Gasteiger partial charge in [-0.05, 0) is 56.0 Å². The van der Waals surface area contributed by atoms with Gasteiger partial charge in [0, 0.05) is 24.7 Å². The van der Waals surface area contributed by atoms with Crippen molar-refractivity contribution in [2.24, 2.45) is 0 Å². The second-order valence-electron chi connectivity index (χ2n) is 8.57. The maximum absolute atomic E-state index is 6.21. The van der Waals surface area contributed by atoms with Crippen LogP contribution >= 0.6 is 24.8 Å². The zero-order chi connectivity index (χ0) is 22.2. The van der Waals surface area contributed by atoms with Gasteiger partial charge >= 0.3 is 0 Å². The highest BCUT2D eigenvalue weighted by Gasteiger charge is 2.19. The summed E-state index contributed by atoms with van der Waals surface area (Å²) in [5.41, 5.74) is 4.41. The smallest absolute Gasteiger partial charge is 0.234 e. The Morgan fingerprint density at radius 3 is 2.32 bits per heavy atom. The molecule has 0 N–H and O–H groups in total. The van der Waals surface area contributed by atoms with Gasteiger partial charge in [-0.15, -0.1) is 29.9 Å². The number of halogens is 2. The van der Waals surface area contributed by atoms with E-state index in [4.69, 9.17) is 9.47 Å². The summed E-state index contributed by atoms with van der Waals surface area (Å²) >= 11 is 0. The summed E-state index contributed by atoms with van der Waals surface area (Å²) in [6.45, 7) is 4.88. The summed E-state index contributed by atoms with van der Waals surface area (Å²) in [6.07, 6.45) is 5.40. The van der Waals surface area contributed by atoms with Gasteiger partial charge < -0.3 is 14.4 Å². The molecule has 1 saturated heterocycles. The third-order valence-corrected chi connectivity index (χ3v) is 5.98. The van der Waals surface area contributed by atoms with E-state index in [1.54, 1.807) is 0 Å². The predicted molar refractivity (Wildman–Crippen MR) is 142 cm³/mol. The summed E-state index contributed by atoms with van der Waals surface area (Å²) in [5.74, 6) is 1.48. The van der Waals surface area contributed by atoms with Crippen LogP contribution in [0.3, 0.4) is 0 Å². The van der Waals surface area contributed by atoms with Gasteiger partial charge in [-0.3, -0.25) is 0 Å². The van der Waals surface area contributed by atoms with E-state index in [1.165, 1.54) is 0 Å². The van der Waals surface area contributed by atoms with Crippen molar-refractivity contribution in [3.8, 4) is 22.8 Å². The molecular formula is C27H35Cl2N3O2. The number of hydrogen-bond donors (Lipinski definition) is 0. The van der Waals surface area contributed by atoms with Crippen LogP contribution in [0.1, 0.15) is 43.9 Å². The van der Waals surface area contributed by atoms with Crippen LogP contribution in [-0.2, 0) is 13.0 Å². The van der Waals surface area contributed by atoms with Crippen LogP contribution in [-0.4, -0.2) is 41.3 Å². The monoisotopic (exact) mass is 503 g/mol. The normalized spacial score (nSPS) is 14.1. The zero-order valence-corrected chi connectivity index (χ0v) is 21.6. The topological polar surface area (TPSA) is 47.5 Å². The SMILES string of the molecule is CCCCc1nnc(OC2CCN(C)CC2)cc1-c1ccc(OCc2ccccc2)cc1.Cl.Cl. The fourth-order valence-corrected chi connectivity index (χ4v) is 3.98. The molecule has 0 bridgehead atoms. The molecule has 4 rings (SSSR count). The van der Waals surface area contributed by atoms with Gasteiger partial charge in [0.25, 0.3) is 0 Å². The van der Waals surface area contributed by atoms with Crippen molar-refractivity contribution in [2.45, 2.75) is 51.7 Å². The van der Waals surface area contributed by atoms with Crippen molar-refractivity contribution in [3.05, 3.63) is 71.9 Å². The van der Waals surface area contributed by atoms with E-state index in [9.17, 15) is 0 Å². The second kappa shape index (κ2) is 14.1. The van der Waals surface area contributed by atoms with Crippen molar-refractivity contribution < 1.29 is 9.47 Å². The number of nitrogens with zero attached hydrogens (tertiary/aromatic N) is 3. The molecule has 5 nitrogen and oxygen atoms in total. The minimum absolute atomic E-state index is 0. The molecule has 0 spiro atoms. The first-order valence-electron chi connectivity index (χ1n) is 11.7. The highest BCUT2D eigenvalue weighted by Crippen LogP contribution is 2.29. The highest BCUT2D eigenvalue weighted by molar-refractivity contribution is 5.85. The molecule has 0 atom stereocenters. The quantitative estimate of drug-likeness (QED) is 0.338. The third-order valence-electron chi connectivity index (χ3n) is 5.98. The Balaban J connectivity index is 0.00000204. The number of unbranched alkanes of at least 4 members (excludes halogenated alkanes) is 1. The van der Waals surface area contributed by atoms with Crippen LogP contribution in [0.4, 0.5) is 0 Å². The Labute approximate surface area is 215 Å². The van der Waals surface area contributed by atoms with Crippen molar-refractivity contribution in [1.82, 2.24) is 15.1 Å². The molecule has 1 fully saturated rings. The first kappa shape index (κ1) is 27.9. The van der Waals surface area contributed by atoms with Crippen molar-refractivity contribution >= 4 is 24.8 Å². The summed E-state index contributed by atoms with van der Waals surface area (Å²) in [7, 11) is 2.16. The molecule has 1 aromatic heterocycles. The predicted octanol–water partition coefficient (Wildman–Crippen LogP) is 6.38. The standard InChI is InChI=1S/C27H33N3O2.2ClH/c1-3-4-10-26-25(19-27(29-28-26)32-24-15-17-30(2)18-16-24)22-11-13-23(14-12-22)31-20-21-8-6-5-7-9-21;;/h5-9,11-14,19,24H,3-4,10,15-18,20H2,1-2H3;2*1H. The Hall–Kier alpha value is -2.34. The lowest BCUT2D eigenvalue weighted by atomic mass is 10.0. The molecule has 0 aliphatic carbocycles. The molecule has 184 valence electrons. The maximum atomic E-state index is 6.21. The van der Waals surface area contributed by atoms with E-state index in [0.717, 1.165) is 73.3 Å². The average Bonchev–Trinajstić information content (AvgIpc) is 2.84. The number of rotatable bonds is 9. The van der Waals surface area contributed by atoms with Gasteiger partial charge in [0.15, 0.2) is 0 Å². The molecule has 1 aliphatic heterocycles. The summed E-state index contributed by atoms with van der Waals surface area (Å²) in [5, 5.41) is 8.96. The fraction of sp³-hybridized carbons (Fsp3) is 0.407. The molecule has 0 saturated carbocycles. The molecule has 34 heavy (non-hydrogen) atoms. The van der Waals surface area contributed by atoms with Gasteiger partial charge in [0.1, 0.15) is 18.5 Å². The van der Waals surface area contributed by atoms with E-state index in [2.05, 4.69) is 59.4 Å².